The highest BCUT2D eigenvalue weighted by molar-refractivity contribution is 5.86. The Morgan fingerprint density at radius 1 is 1.15 bits per heavy atom. The first-order chi connectivity index (χ1) is 12.3. The minimum Gasteiger partial charge on any atom is -0.466 e. The van der Waals surface area contributed by atoms with Crippen LogP contribution < -0.4 is 0 Å². The van der Waals surface area contributed by atoms with Gasteiger partial charge >= 0.3 is 5.97 Å². The fourth-order valence-electron chi connectivity index (χ4n) is 7.68. The number of ether oxygens (including phenoxy) is 1. The van der Waals surface area contributed by atoms with Gasteiger partial charge in [-0.25, -0.2) is 0 Å². The molecule has 0 aromatic carbocycles. The third-order valence-electron chi connectivity index (χ3n) is 8.89. The number of esters is 1. The molecule has 0 radical (unpaired) electrons. The predicted molar refractivity (Wildman–Crippen MR) is 98.2 cm³/mol. The molecule has 8 atom stereocenters. The molecule has 0 aliphatic heterocycles. The zero-order valence-corrected chi connectivity index (χ0v) is 16.5. The van der Waals surface area contributed by atoms with Crippen LogP contribution in [-0.2, 0) is 14.3 Å². The Hall–Kier alpha value is -0.900. The number of fused-ring (bicyclic) bond motifs is 5. The Bertz CT molecular complexity index is 601. The van der Waals surface area contributed by atoms with Crippen molar-refractivity contribution in [2.75, 3.05) is 6.61 Å². The standard InChI is InChI=1S/C22H34O4/c1-4-26-20(25)17-8-7-16-15-6-5-13-11-14(23)9-10-21(13,2)19(15)18(24)12-22(16,17)3/h13-17,19,23H,4-12H2,1-3H3/t13-,14+,15-,16-,17+,19+,21-,22-/m0/s1. The van der Waals surface area contributed by atoms with Gasteiger partial charge in [-0.1, -0.05) is 13.8 Å². The van der Waals surface area contributed by atoms with Gasteiger partial charge in [0.05, 0.1) is 18.6 Å². The molecule has 0 aromatic heterocycles. The van der Waals surface area contributed by atoms with Gasteiger partial charge in [0.2, 0.25) is 0 Å². The molecule has 4 fully saturated rings. The van der Waals surface area contributed by atoms with E-state index in [-0.39, 0.29) is 34.7 Å². The van der Waals surface area contributed by atoms with Crippen molar-refractivity contribution in [3.63, 3.8) is 0 Å². The molecule has 4 rings (SSSR count). The highest BCUT2D eigenvalue weighted by atomic mass is 16.5. The van der Waals surface area contributed by atoms with Crippen molar-refractivity contribution in [3.05, 3.63) is 0 Å². The molecule has 0 spiro atoms. The molecule has 0 heterocycles. The quantitative estimate of drug-likeness (QED) is 0.760. The Balaban J connectivity index is 1.63. The average Bonchev–Trinajstić information content (AvgIpc) is 2.92. The van der Waals surface area contributed by atoms with Crippen molar-refractivity contribution in [2.45, 2.75) is 78.2 Å². The van der Waals surface area contributed by atoms with E-state index in [2.05, 4.69) is 13.8 Å². The van der Waals surface area contributed by atoms with E-state index in [0.29, 0.717) is 36.6 Å². The van der Waals surface area contributed by atoms with Crippen LogP contribution in [0.4, 0.5) is 0 Å². The van der Waals surface area contributed by atoms with Crippen molar-refractivity contribution in [1.29, 1.82) is 0 Å². The summed E-state index contributed by atoms with van der Waals surface area (Å²) in [4.78, 5) is 26.0. The van der Waals surface area contributed by atoms with Gasteiger partial charge in [-0.15, -0.1) is 0 Å². The van der Waals surface area contributed by atoms with Crippen LogP contribution in [0.15, 0.2) is 0 Å². The van der Waals surface area contributed by atoms with Crippen LogP contribution in [0.1, 0.15) is 72.1 Å². The number of rotatable bonds is 2. The number of carbonyl (C=O) groups is 2. The Morgan fingerprint density at radius 2 is 1.92 bits per heavy atom. The summed E-state index contributed by atoms with van der Waals surface area (Å²) >= 11 is 0. The van der Waals surface area contributed by atoms with Crippen LogP contribution in [0.2, 0.25) is 0 Å². The third kappa shape index (κ3) is 2.51. The second-order valence-corrected chi connectivity index (χ2v) is 9.99. The van der Waals surface area contributed by atoms with E-state index in [0.717, 1.165) is 44.9 Å². The van der Waals surface area contributed by atoms with E-state index in [1.165, 1.54) is 0 Å². The van der Waals surface area contributed by atoms with Gasteiger partial charge in [0.1, 0.15) is 5.78 Å². The molecule has 0 aromatic rings. The largest absolute Gasteiger partial charge is 0.466 e. The molecule has 4 aliphatic rings. The van der Waals surface area contributed by atoms with Crippen LogP contribution >= 0.6 is 0 Å². The molecule has 4 saturated carbocycles. The normalized spacial score (nSPS) is 50.5. The third-order valence-corrected chi connectivity index (χ3v) is 8.89. The fourth-order valence-corrected chi connectivity index (χ4v) is 7.68. The number of carbonyl (C=O) groups excluding carboxylic acids is 2. The second-order valence-electron chi connectivity index (χ2n) is 9.99. The first-order valence-electron chi connectivity index (χ1n) is 10.7. The Kier molecular flexibility index (Phi) is 4.49. The number of hydrogen-bond acceptors (Lipinski definition) is 4. The lowest BCUT2D eigenvalue weighted by Crippen LogP contribution is -2.58. The fraction of sp³-hybridized carbons (Fsp3) is 0.909. The molecule has 4 heteroatoms. The molecule has 0 bridgehead atoms. The molecule has 0 amide bonds. The Morgan fingerprint density at radius 3 is 2.65 bits per heavy atom. The van der Waals surface area contributed by atoms with Crippen molar-refractivity contribution < 1.29 is 19.4 Å². The van der Waals surface area contributed by atoms with Crippen molar-refractivity contribution in [3.8, 4) is 0 Å². The Labute approximate surface area is 157 Å². The number of hydrogen-bond donors (Lipinski definition) is 1. The molecule has 0 saturated heterocycles. The van der Waals surface area contributed by atoms with Gasteiger partial charge in [0.25, 0.3) is 0 Å². The highest BCUT2D eigenvalue weighted by Gasteiger charge is 2.64. The molecule has 26 heavy (non-hydrogen) atoms. The minimum atomic E-state index is -0.220. The molecular formula is C22H34O4. The summed E-state index contributed by atoms with van der Waals surface area (Å²) in [5.41, 5.74) is -0.176. The SMILES string of the molecule is CCOC(=O)[C@H]1CC[C@H]2[C@@H]3CC[C@H]4C[C@H](O)CC[C@]4(C)[C@H]3C(=O)C[C@]12C. The number of Topliss-reactive ketones (excluding diaryl/α,β-unsaturated/α-hetero) is 1. The predicted octanol–water partition coefficient (Wildman–Crippen LogP) is 3.75. The number of aliphatic hydroxyl groups is 1. The summed E-state index contributed by atoms with van der Waals surface area (Å²) in [6.45, 7) is 6.77. The molecule has 1 N–H and O–H groups in total. The van der Waals surface area contributed by atoms with Crippen LogP contribution in [-0.4, -0.2) is 29.6 Å². The number of aliphatic hydroxyl groups excluding tert-OH is 1. The maximum atomic E-state index is 13.4. The molecule has 146 valence electrons. The average molecular weight is 363 g/mol. The van der Waals surface area contributed by atoms with Gasteiger partial charge in [-0.05, 0) is 80.5 Å². The summed E-state index contributed by atoms with van der Waals surface area (Å²) in [5, 5.41) is 10.1. The first kappa shape index (κ1) is 18.5. The maximum Gasteiger partial charge on any atom is 0.309 e. The zero-order valence-electron chi connectivity index (χ0n) is 16.5. The molecular weight excluding hydrogens is 328 g/mol. The lowest BCUT2D eigenvalue weighted by molar-refractivity contribution is -0.167. The molecule has 0 unspecified atom stereocenters. The lowest BCUT2D eigenvalue weighted by atomic mass is 9.44. The van der Waals surface area contributed by atoms with Gasteiger partial charge in [-0.3, -0.25) is 9.59 Å². The molecule has 4 aliphatic carbocycles. The summed E-state index contributed by atoms with van der Waals surface area (Å²) in [5.74, 6) is 1.66. The summed E-state index contributed by atoms with van der Waals surface area (Å²) in [6, 6.07) is 0. The zero-order chi connectivity index (χ0) is 18.7. The van der Waals surface area contributed by atoms with E-state index >= 15 is 0 Å². The van der Waals surface area contributed by atoms with Crippen LogP contribution in [0.25, 0.3) is 0 Å². The molecule has 4 nitrogen and oxygen atoms in total. The smallest absolute Gasteiger partial charge is 0.309 e. The van der Waals surface area contributed by atoms with E-state index in [1.54, 1.807) is 0 Å². The van der Waals surface area contributed by atoms with E-state index in [4.69, 9.17) is 4.74 Å². The van der Waals surface area contributed by atoms with Gasteiger partial charge < -0.3 is 9.84 Å². The van der Waals surface area contributed by atoms with E-state index < -0.39 is 0 Å². The van der Waals surface area contributed by atoms with Crippen LogP contribution in [0.5, 0.6) is 0 Å². The summed E-state index contributed by atoms with van der Waals surface area (Å²) in [6.07, 6.45) is 7.14. The highest BCUT2D eigenvalue weighted by Crippen LogP contribution is 2.66. The lowest BCUT2D eigenvalue weighted by Gasteiger charge is -2.59. The first-order valence-corrected chi connectivity index (χ1v) is 10.7. The van der Waals surface area contributed by atoms with Crippen molar-refractivity contribution >= 4 is 11.8 Å². The van der Waals surface area contributed by atoms with E-state index in [1.807, 2.05) is 6.92 Å². The van der Waals surface area contributed by atoms with Gasteiger partial charge in [-0.2, -0.15) is 0 Å². The van der Waals surface area contributed by atoms with Crippen LogP contribution in [0, 0.1) is 40.4 Å². The maximum absolute atomic E-state index is 13.4. The minimum absolute atomic E-state index is 0.0442. The van der Waals surface area contributed by atoms with Gasteiger partial charge in [0.15, 0.2) is 0 Å². The summed E-state index contributed by atoms with van der Waals surface area (Å²) < 4.78 is 5.35. The second kappa shape index (κ2) is 6.32. The monoisotopic (exact) mass is 362 g/mol. The van der Waals surface area contributed by atoms with Crippen molar-refractivity contribution in [1.82, 2.24) is 0 Å². The topological polar surface area (TPSA) is 63.6 Å². The van der Waals surface area contributed by atoms with E-state index in [9.17, 15) is 14.7 Å². The van der Waals surface area contributed by atoms with Crippen molar-refractivity contribution in [2.24, 2.45) is 40.4 Å². The summed E-state index contributed by atoms with van der Waals surface area (Å²) in [7, 11) is 0. The number of ketones is 1. The van der Waals surface area contributed by atoms with Crippen LogP contribution in [0.3, 0.4) is 0 Å². The van der Waals surface area contributed by atoms with Gasteiger partial charge in [0, 0.05) is 12.3 Å².